The predicted molar refractivity (Wildman–Crippen MR) is 102 cm³/mol. The molecule has 6 heteroatoms. The summed E-state index contributed by atoms with van der Waals surface area (Å²) in [5.41, 5.74) is 4.35. The van der Waals surface area contributed by atoms with E-state index in [1.54, 1.807) is 60.9 Å². The zero-order valence-corrected chi connectivity index (χ0v) is 15.2. The molecule has 2 heterocycles. The van der Waals surface area contributed by atoms with Crippen molar-refractivity contribution >= 4 is 22.7 Å². The summed E-state index contributed by atoms with van der Waals surface area (Å²) in [5, 5.41) is 2.88. The number of anilines is 1. The summed E-state index contributed by atoms with van der Waals surface area (Å²) in [7, 11) is 0. The van der Waals surface area contributed by atoms with Gasteiger partial charge in [0.15, 0.2) is 11.5 Å². The smallest absolute Gasteiger partial charge is 0.257 e. The van der Waals surface area contributed by atoms with Gasteiger partial charge in [0.25, 0.3) is 5.91 Å². The average Bonchev–Trinajstić information content (AvgIpc) is 3.14. The van der Waals surface area contributed by atoms with Gasteiger partial charge in [-0.2, -0.15) is 0 Å². The summed E-state index contributed by atoms with van der Waals surface area (Å²) in [6.45, 7) is 5.43. The van der Waals surface area contributed by atoms with Crippen LogP contribution in [-0.2, 0) is 0 Å². The number of aryl methyl sites for hydroxylation is 2. The van der Waals surface area contributed by atoms with Crippen LogP contribution in [0.15, 0.2) is 52.9 Å². The van der Waals surface area contributed by atoms with E-state index in [0.717, 1.165) is 5.69 Å². The lowest BCUT2D eigenvalue weighted by molar-refractivity contribution is 0.102. The fourth-order valence-electron chi connectivity index (χ4n) is 3.32. The Morgan fingerprint density at radius 1 is 1.11 bits per heavy atom. The SMILES string of the molecule is Cc1nc2cc(NC(=O)c3cc(C)n(-c4ccccc4F)c3C)ccc2o1. The minimum Gasteiger partial charge on any atom is -0.441 e. The van der Waals surface area contributed by atoms with Gasteiger partial charge in [-0.25, -0.2) is 9.37 Å². The second kappa shape index (κ2) is 6.39. The van der Waals surface area contributed by atoms with Crippen molar-refractivity contribution in [3.63, 3.8) is 0 Å². The van der Waals surface area contributed by atoms with Crippen molar-refractivity contribution in [3.05, 3.63) is 77.2 Å². The van der Waals surface area contributed by atoms with Gasteiger partial charge in [-0.15, -0.1) is 0 Å². The van der Waals surface area contributed by atoms with Crippen molar-refractivity contribution in [2.45, 2.75) is 20.8 Å². The van der Waals surface area contributed by atoms with Crippen LogP contribution in [0.2, 0.25) is 0 Å². The molecule has 0 aliphatic heterocycles. The van der Waals surface area contributed by atoms with Gasteiger partial charge < -0.3 is 14.3 Å². The largest absolute Gasteiger partial charge is 0.441 e. The van der Waals surface area contributed by atoms with E-state index < -0.39 is 0 Å². The number of halogens is 1. The lowest BCUT2D eigenvalue weighted by Gasteiger charge is -2.11. The Hall–Kier alpha value is -3.41. The normalized spacial score (nSPS) is 11.1. The van der Waals surface area contributed by atoms with E-state index in [2.05, 4.69) is 10.3 Å². The standard InChI is InChI=1S/C21H18FN3O2/c1-12-10-16(13(2)25(12)19-7-5-4-6-17(19)22)21(26)24-15-8-9-20-18(11-15)23-14(3)27-20/h4-11H,1-3H3,(H,24,26). The maximum Gasteiger partial charge on any atom is 0.257 e. The molecule has 4 rings (SSSR count). The van der Waals surface area contributed by atoms with E-state index in [9.17, 15) is 9.18 Å². The van der Waals surface area contributed by atoms with Gasteiger partial charge >= 0.3 is 0 Å². The van der Waals surface area contributed by atoms with Crippen molar-refractivity contribution in [2.24, 2.45) is 0 Å². The van der Waals surface area contributed by atoms with Crippen LogP contribution in [0.25, 0.3) is 16.8 Å². The molecule has 2 aromatic carbocycles. The Balaban J connectivity index is 1.67. The van der Waals surface area contributed by atoms with E-state index in [1.807, 2.05) is 6.92 Å². The fourth-order valence-corrected chi connectivity index (χ4v) is 3.32. The maximum atomic E-state index is 14.2. The van der Waals surface area contributed by atoms with Crippen LogP contribution in [0.4, 0.5) is 10.1 Å². The van der Waals surface area contributed by atoms with Crippen molar-refractivity contribution in [3.8, 4) is 5.69 Å². The first-order valence-corrected chi connectivity index (χ1v) is 8.56. The number of hydrogen-bond donors (Lipinski definition) is 1. The first kappa shape index (κ1) is 17.0. The molecule has 0 saturated carbocycles. The monoisotopic (exact) mass is 363 g/mol. The molecule has 0 aliphatic rings. The predicted octanol–water partition coefficient (Wildman–Crippen LogP) is 4.94. The summed E-state index contributed by atoms with van der Waals surface area (Å²) in [5.74, 6) is -0.0229. The number of nitrogens with one attached hydrogen (secondary N) is 1. The molecule has 1 amide bonds. The number of amides is 1. The van der Waals surface area contributed by atoms with Crippen LogP contribution in [0, 0.1) is 26.6 Å². The highest BCUT2D eigenvalue weighted by atomic mass is 19.1. The van der Waals surface area contributed by atoms with E-state index >= 15 is 0 Å². The summed E-state index contributed by atoms with van der Waals surface area (Å²) < 4.78 is 21.4. The van der Waals surface area contributed by atoms with E-state index in [1.165, 1.54) is 6.07 Å². The van der Waals surface area contributed by atoms with E-state index in [-0.39, 0.29) is 11.7 Å². The molecule has 136 valence electrons. The van der Waals surface area contributed by atoms with Gasteiger partial charge in [-0.1, -0.05) is 12.1 Å². The molecule has 5 nitrogen and oxygen atoms in total. The number of fused-ring (bicyclic) bond motifs is 1. The third-order valence-electron chi connectivity index (χ3n) is 4.52. The van der Waals surface area contributed by atoms with E-state index in [0.29, 0.717) is 39.6 Å². The Kier molecular flexibility index (Phi) is 4.03. The molecule has 4 aromatic rings. The van der Waals surface area contributed by atoms with Crippen LogP contribution in [-0.4, -0.2) is 15.5 Å². The summed E-state index contributed by atoms with van der Waals surface area (Å²) in [4.78, 5) is 17.1. The van der Waals surface area contributed by atoms with Gasteiger partial charge in [0.1, 0.15) is 11.3 Å². The van der Waals surface area contributed by atoms with Gasteiger partial charge in [-0.05, 0) is 50.2 Å². The number of para-hydroxylation sites is 1. The highest BCUT2D eigenvalue weighted by molar-refractivity contribution is 6.06. The van der Waals surface area contributed by atoms with Crippen molar-refractivity contribution < 1.29 is 13.6 Å². The Morgan fingerprint density at radius 3 is 2.67 bits per heavy atom. The molecular formula is C21H18FN3O2. The summed E-state index contributed by atoms with van der Waals surface area (Å²) >= 11 is 0. The maximum absolute atomic E-state index is 14.2. The molecule has 27 heavy (non-hydrogen) atoms. The minimum absolute atomic E-state index is 0.259. The van der Waals surface area contributed by atoms with E-state index in [4.69, 9.17) is 4.42 Å². The first-order chi connectivity index (χ1) is 12.9. The molecular weight excluding hydrogens is 345 g/mol. The zero-order valence-electron chi connectivity index (χ0n) is 15.2. The quantitative estimate of drug-likeness (QED) is 0.561. The molecule has 0 radical (unpaired) electrons. The number of carbonyl (C=O) groups excluding carboxylic acids is 1. The molecule has 0 saturated heterocycles. The molecule has 0 aliphatic carbocycles. The van der Waals surface area contributed by atoms with Gasteiger partial charge in [0.05, 0.1) is 11.3 Å². The van der Waals surface area contributed by atoms with Crippen LogP contribution in [0.1, 0.15) is 27.6 Å². The summed E-state index contributed by atoms with van der Waals surface area (Å²) in [6.07, 6.45) is 0. The minimum atomic E-state index is -0.335. The molecule has 0 atom stereocenters. The second-order valence-electron chi connectivity index (χ2n) is 6.44. The summed E-state index contributed by atoms with van der Waals surface area (Å²) in [6, 6.07) is 13.6. The lowest BCUT2D eigenvalue weighted by Crippen LogP contribution is -2.13. The number of carbonyl (C=O) groups is 1. The number of benzene rings is 2. The lowest BCUT2D eigenvalue weighted by atomic mass is 10.2. The number of rotatable bonds is 3. The molecule has 0 unspecified atom stereocenters. The van der Waals surface area contributed by atoms with Crippen molar-refractivity contribution in [2.75, 3.05) is 5.32 Å². The van der Waals surface area contributed by atoms with Gasteiger partial charge in [-0.3, -0.25) is 4.79 Å². The molecule has 1 N–H and O–H groups in total. The second-order valence-corrected chi connectivity index (χ2v) is 6.44. The highest BCUT2D eigenvalue weighted by Gasteiger charge is 2.18. The third-order valence-corrected chi connectivity index (χ3v) is 4.52. The topological polar surface area (TPSA) is 60.1 Å². The van der Waals surface area contributed by atoms with Crippen molar-refractivity contribution in [1.29, 1.82) is 0 Å². The van der Waals surface area contributed by atoms with Crippen LogP contribution in [0.3, 0.4) is 0 Å². The first-order valence-electron chi connectivity index (χ1n) is 8.56. The highest BCUT2D eigenvalue weighted by Crippen LogP contribution is 2.25. The van der Waals surface area contributed by atoms with Crippen LogP contribution in [0.5, 0.6) is 0 Å². The van der Waals surface area contributed by atoms with Gasteiger partial charge in [0, 0.05) is 24.0 Å². The number of nitrogens with zero attached hydrogens (tertiary/aromatic N) is 2. The number of oxazole rings is 1. The third kappa shape index (κ3) is 2.99. The van der Waals surface area contributed by atoms with Crippen LogP contribution >= 0.6 is 0 Å². The van der Waals surface area contributed by atoms with Crippen molar-refractivity contribution in [1.82, 2.24) is 9.55 Å². The van der Waals surface area contributed by atoms with Gasteiger partial charge in [0.2, 0.25) is 0 Å². The number of aromatic nitrogens is 2. The van der Waals surface area contributed by atoms with Crippen LogP contribution < -0.4 is 5.32 Å². The average molecular weight is 363 g/mol. The Morgan fingerprint density at radius 2 is 1.89 bits per heavy atom. The Bertz CT molecular complexity index is 1170. The molecule has 2 aromatic heterocycles. The molecule has 0 bridgehead atoms. The zero-order chi connectivity index (χ0) is 19.1. The molecule has 0 spiro atoms. The Labute approximate surface area is 155 Å². The molecule has 0 fully saturated rings. The fraction of sp³-hybridized carbons (Fsp3) is 0.143. The number of hydrogen-bond acceptors (Lipinski definition) is 3.